The van der Waals surface area contributed by atoms with E-state index in [9.17, 15) is 9.90 Å². The second-order valence-electron chi connectivity index (χ2n) is 4.73. The summed E-state index contributed by atoms with van der Waals surface area (Å²) in [6, 6.07) is 2.04. The number of amides is 1. The Bertz CT molecular complexity index is 388. The lowest BCUT2D eigenvalue weighted by Crippen LogP contribution is -2.47. The Kier molecular flexibility index (Phi) is 3.40. The lowest BCUT2D eigenvalue weighted by molar-refractivity contribution is -0.0421. The van der Waals surface area contributed by atoms with Crippen LogP contribution in [0, 0.1) is 0 Å². The molecular formula is C12H17NO3S. The van der Waals surface area contributed by atoms with Crippen LogP contribution < -0.4 is 0 Å². The van der Waals surface area contributed by atoms with Crippen molar-refractivity contribution >= 4 is 17.4 Å². The van der Waals surface area contributed by atoms with Crippen LogP contribution in [0.25, 0.3) is 0 Å². The van der Waals surface area contributed by atoms with Gasteiger partial charge in [0.05, 0.1) is 12.6 Å². The zero-order chi connectivity index (χ0) is 12.5. The summed E-state index contributed by atoms with van der Waals surface area (Å²) < 4.78 is 5.54. The Morgan fingerprint density at radius 3 is 3.06 bits per heavy atom. The smallest absolute Gasteiger partial charge is 0.409 e. The Morgan fingerprint density at radius 1 is 1.71 bits per heavy atom. The van der Waals surface area contributed by atoms with Gasteiger partial charge in [0.2, 0.25) is 0 Å². The molecule has 0 aromatic carbocycles. The first-order valence-electron chi connectivity index (χ1n) is 5.68. The molecule has 1 atom stereocenters. The zero-order valence-corrected chi connectivity index (χ0v) is 10.9. The number of carboxylic acid groups (broad SMARTS) is 1. The van der Waals surface area contributed by atoms with E-state index in [1.807, 2.05) is 5.38 Å². The molecule has 0 radical (unpaired) electrons. The van der Waals surface area contributed by atoms with Crippen molar-refractivity contribution in [2.24, 2.45) is 0 Å². The summed E-state index contributed by atoms with van der Waals surface area (Å²) in [5, 5.41) is 13.4. The standard InChI is InChI=1S/C12H17NO3S/c1-12(2)13(11(14)15)10(7-16-12)4-3-9-5-6-17-8-9/h5-6,8,10H,3-4,7H2,1-2H3,(H,14,15). The molecule has 1 amide bonds. The highest BCUT2D eigenvalue weighted by Crippen LogP contribution is 2.29. The van der Waals surface area contributed by atoms with Gasteiger partial charge in [-0.05, 0) is 49.1 Å². The Balaban J connectivity index is 1.99. The lowest BCUT2D eigenvalue weighted by atomic mass is 10.1. The third-order valence-corrected chi connectivity index (χ3v) is 3.86. The first kappa shape index (κ1) is 12.4. The fourth-order valence-electron chi connectivity index (χ4n) is 2.25. The van der Waals surface area contributed by atoms with Crippen molar-refractivity contribution in [2.75, 3.05) is 6.61 Å². The molecule has 0 bridgehead atoms. The van der Waals surface area contributed by atoms with E-state index < -0.39 is 11.8 Å². The predicted molar refractivity (Wildman–Crippen MR) is 66.3 cm³/mol. The number of carbonyl (C=O) groups is 1. The maximum atomic E-state index is 11.2. The number of rotatable bonds is 3. The van der Waals surface area contributed by atoms with Crippen LogP contribution >= 0.6 is 11.3 Å². The molecule has 4 nitrogen and oxygen atoms in total. The summed E-state index contributed by atoms with van der Waals surface area (Å²) in [6.07, 6.45) is 0.812. The van der Waals surface area contributed by atoms with Gasteiger partial charge in [0.25, 0.3) is 0 Å². The van der Waals surface area contributed by atoms with Crippen LogP contribution in [0.4, 0.5) is 4.79 Å². The Hall–Kier alpha value is -1.07. The predicted octanol–water partition coefficient (Wildman–Crippen LogP) is 2.80. The molecule has 1 aromatic heterocycles. The van der Waals surface area contributed by atoms with E-state index in [0.717, 1.165) is 12.8 Å². The second-order valence-corrected chi connectivity index (χ2v) is 5.51. The Labute approximate surface area is 105 Å². The highest BCUT2D eigenvalue weighted by molar-refractivity contribution is 7.07. The summed E-state index contributed by atoms with van der Waals surface area (Å²) in [5.41, 5.74) is 0.565. The molecule has 2 rings (SSSR count). The van der Waals surface area contributed by atoms with Gasteiger partial charge in [0.1, 0.15) is 5.72 Å². The molecule has 0 saturated carbocycles. The summed E-state index contributed by atoms with van der Waals surface area (Å²) in [5.74, 6) is 0. The van der Waals surface area contributed by atoms with Crippen molar-refractivity contribution in [3.8, 4) is 0 Å². The van der Waals surface area contributed by atoms with Gasteiger partial charge in [0, 0.05) is 0 Å². The molecule has 1 aliphatic heterocycles. The van der Waals surface area contributed by atoms with E-state index in [-0.39, 0.29) is 6.04 Å². The Morgan fingerprint density at radius 2 is 2.47 bits per heavy atom. The van der Waals surface area contributed by atoms with Crippen LogP contribution in [0.5, 0.6) is 0 Å². The molecule has 1 N–H and O–H groups in total. The topological polar surface area (TPSA) is 49.8 Å². The van der Waals surface area contributed by atoms with E-state index >= 15 is 0 Å². The van der Waals surface area contributed by atoms with Crippen molar-refractivity contribution in [1.29, 1.82) is 0 Å². The molecular weight excluding hydrogens is 238 g/mol. The van der Waals surface area contributed by atoms with Crippen LogP contribution in [-0.2, 0) is 11.2 Å². The number of aryl methyl sites for hydroxylation is 1. The highest BCUT2D eigenvalue weighted by Gasteiger charge is 2.43. The van der Waals surface area contributed by atoms with Gasteiger partial charge in [-0.3, -0.25) is 4.90 Å². The average molecular weight is 255 g/mol. The van der Waals surface area contributed by atoms with E-state index in [1.54, 1.807) is 25.2 Å². The summed E-state index contributed by atoms with van der Waals surface area (Å²) in [4.78, 5) is 12.7. The van der Waals surface area contributed by atoms with Gasteiger partial charge in [0.15, 0.2) is 0 Å². The first-order valence-corrected chi connectivity index (χ1v) is 6.62. The van der Waals surface area contributed by atoms with E-state index in [0.29, 0.717) is 6.61 Å². The van der Waals surface area contributed by atoms with Crippen LogP contribution in [0.15, 0.2) is 16.8 Å². The molecule has 17 heavy (non-hydrogen) atoms. The summed E-state index contributed by atoms with van der Waals surface area (Å²) in [6.45, 7) is 4.08. The van der Waals surface area contributed by atoms with E-state index in [1.165, 1.54) is 10.5 Å². The quantitative estimate of drug-likeness (QED) is 0.903. The third-order valence-electron chi connectivity index (χ3n) is 3.13. The molecule has 5 heteroatoms. The molecule has 0 aliphatic carbocycles. The van der Waals surface area contributed by atoms with Crippen molar-refractivity contribution in [3.63, 3.8) is 0 Å². The third kappa shape index (κ3) is 2.61. The number of hydrogen-bond donors (Lipinski definition) is 1. The van der Waals surface area contributed by atoms with Crippen LogP contribution in [0.2, 0.25) is 0 Å². The SMILES string of the molecule is CC1(C)OCC(CCc2ccsc2)N1C(=O)O. The maximum Gasteiger partial charge on any atom is 0.409 e. The van der Waals surface area contributed by atoms with Crippen LogP contribution in [0.3, 0.4) is 0 Å². The molecule has 1 unspecified atom stereocenters. The summed E-state index contributed by atoms with van der Waals surface area (Å²) in [7, 11) is 0. The van der Waals surface area contributed by atoms with E-state index in [2.05, 4.69) is 11.4 Å². The molecule has 0 spiro atoms. The minimum absolute atomic E-state index is 0.0394. The second kappa shape index (κ2) is 4.66. The van der Waals surface area contributed by atoms with Gasteiger partial charge < -0.3 is 9.84 Å². The maximum absolute atomic E-state index is 11.2. The molecule has 94 valence electrons. The number of hydrogen-bond acceptors (Lipinski definition) is 3. The largest absolute Gasteiger partial charge is 0.465 e. The molecule has 1 aliphatic rings. The van der Waals surface area contributed by atoms with Crippen LogP contribution in [-0.4, -0.2) is 34.5 Å². The fraction of sp³-hybridized carbons (Fsp3) is 0.583. The van der Waals surface area contributed by atoms with Crippen molar-refractivity contribution in [1.82, 2.24) is 4.90 Å². The van der Waals surface area contributed by atoms with Crippen LogP contribution in [0.1, 0.15) is 25.8 Å². The van der Waals surface area contributed by atoms with Gasteiger partial charge in [-0.25, -0.2) is 4.79 Å². The molecule has 2 heterocycles. The van der Waals surface area contributed by atoms with Crippen molar-refractivity contribution in [3.05, 3.63) is 22.4 Å². The zero-order valence-electron chi connectivity index (χ0n) is 10.0. The van der Waals surface area contributed by atoms with Gasteiger partial charge in [-0.1, -0.05) is 0 Å². The highest BCUT2D eigenvalue weighted by atomic mass is 32.1. The average Bonchev–Trinajstić information content (AvgIpc) is 2.81. The fourth-order valence-corrected chi connectivity index (χ4v) is 2.95. The summed E-state index contributed by atoms with van der Waals surface area (Å²) >= 11 is 1.67. The minimum atomic E-state index is -0.900. The number of thiophene rings is 1. The first-order chi connectivity index (χ1) is 8.00. The van der Waals surface area contributed by atoms with Gasteiger partial charge in [-0.2, -0.15) is 11.3 Å². The van der Waals surface area contributed by atoms with Gasteiger partial charge >= 0.3 is 6.09 Å². The number of nitrogens with zero attached hydrogens (tertiary/aromatic N) is 1. The number of ether oxygens (including phenoxy) is 1. The normalized spacial score (nSPS) is 22.9. The van der Waals surface area contributed by atoms with Crippen molar-refractivity contribution < 1.29 is 14.6 Å². The molecule has 1 saturated heterocycles. The molecule has 1 fully saturated rings. The van der Waals surface area contributed by atoms with E-state index in [4.69, 9.17) is 4.74 Å². The molecule has 1 aromatic rings. The van der Waals surface area contributed by atoms with Crippen molar-refractivity contribution in [2.45, 2.75) is 38.5 Å². The monoisotopic (exact) mass is 255 g/mol. The van der Waals surface area contributed by atoms with Gasteiger partial charge in [-0.15, -0.1) is 0 Å². The minimum Gasteiger partial charge on any atom is -0.465 e. The lowest BCUT2D eigenvalue weighted by Gasteiger charge is -2.30.